The van der Waals surface area contributed by atoms with Gasteiger partial charge in [0, 0.05) is 49.1 Å². The van der Waals surface area contributed by atoms with E-state index in [1.807, 2.05) is 7.05 Å². The quantitative estimate of drug-likeness (QED) is 0.601. The number of piperidine rings is 1. The number of amides is 1. The highest BCUT2D eigenvalue weighted by atomic mass is 19.4. The van der Waals surface area contributed by atoms with E-state index in [-0.39, 0.29) is 29.3 Å². The number of benzene rings is 1. The summed E-state index contributed by atoms with van der Waals surface area (Å²) in [6.45, 7) is 7.63. The Morgan fingerprint density at radius 2 is 1.76 bits per heavy atom. The SMILES string of the molecule is CC1CC[C@H](C)N1c1cc(C(F)(F)F)ccc1CN(C)C1(C)CCN(C(=O)n2ccc(C(=O)O)n2)CC1. The number of aromatic carboxylic acids is 1. The van der Waals surface area contributed by atoms with Crippen molar-refractivity contribution in [2.45, 2.75) is 76.8 Å². The Hall–Kier alpha value is -3.08. The maximum absolute atomic E-state index is 13.6. The number of carboxylic acids is 1. The second-order valence-electron chi connectivity index (χ2n) is 10.6. The number of anilines is 1. The lowest BCUT2D eigenvalue weighted by molar-refractivity contribution is -0.137. The van der Waals surface area contributed by atoms with Crippen LogP contribution >= 0.6 is 0 Å². The van der Waals surface area contributed by atoms with E-state index in [4.69, 9.17) is 5.11 Å². The Morgan fingerprint density at radius 1 is 1.14 bits per heavy atom. The molecule has 2 aliphatic rings. The Labute approximate surface area is 214 Å². The lowest BCUT2D eigenvalue weighted by Crippen LogP contribution is -2.53. The fraction of sp³-hybridized carbons (Fsp3) is 0.577. The second-order valence-corrected chi connectivity index (χ2v) is 10.6. The van der Waals surface area contributed by atoms with Crippen LogP contribution in [0, 0.1) is 0 Å². The maximum Gasteiger partial charge on any atom is 0.416 e. The summed E-state index contributed by atoms with van der Waals surface area (Å²) < 4.78 is 41.7. The number of likely N-dealkylation sites (tertiary alicyclic amines) is 1. The normalized spacial score (nSPS) is 22.1. The van der Waals surface area contributed by atoms with E-state index in [2.05, 4.69) is 35.7 Å². The summed E-state index contributed by atoms with van der Waals surface area (Å²) in [5.41, 5.74) is 0.402. The molecule has 2 atom stereocenters. The molecule has 0 radical (unpaired) electrons. The van der Waals surface area contributed by atoms with Gasteiger partial charge in [-0.1, -0.05) is 6.07 Å². The van der Waals surface area contributed by atoms with E-state index < -0.39 is 17.7 Å². The molecule has 2 aliphatic heterocycles. The summed E-state index contributed by atoms with van der Waals surface area (Å²) in [6, 6.07) is 5.29. The Bertz CT molecular complexity index is 1150. The Balaban J connectivity index is 1.49. The minimum Gasteiger partial charge on any atom is -0.476 e. The number of alkyl halides is 3. The molecule has 202 valence electrons. The molecule has 0 saturated carbocycles. The van der Waals surface area contributed by atoms with E-state index in [9.17, 15) is 22.8 Å². The first-order chi connectivity index (χ1) is 17.3. The van der Waals surface area contributed by atoms with Gasteiger partial charge >= 0.3 is 18.2 Å². The highest BCUT2D eigenvalue weighted by Gasteiger charge is 2.38. The molecule has 0 aliphatic carbocycles. The molecule has 3 heterocycles. The highest BCUT2D eigenvalue weighted by molar-refractivity contribution is 5.86. The second kappa shape index (κ2) is 10.00. The lowest BCUT2D eigenvalue weighted by atomic mass is 9.87. The zero-order valence-electron chi connectivity index (χ0n) is 21.6. The number of carbonyl (C=O) groups excluding carboxylic acids is 1. The van der Waals surface area contributed by atoms with Gasteiger partial charge in [0.2, 0.25) is 0 Å². The number of hydrogen-bond donors (Lipinski definition) is 1. The molecule has 2 aromatic rings. The molecule has 2 saturated heterocycles. The molecule has 11 heteroatoms. The number of carbonyl (C=O) groups is 2. The van der Waals surface area contributed by atoms with Crippen molar-refractivity contribution in [1.29, 1.82) is 0 Å². The number of hydrogen-bond acceptors (Lipinski definition) is 5. The highest BCUT2D eigenvalue weighted by Crippen LogP contribution is 2.39. The fourth-order valence-electron chi connectivity index (χ4n) is 5.48. The van der Waals surface area contributed by atoms with Gasteiger partial charge in [-0.15, -0.1) is 0 Å². The topological polar surface area (TPSA) is 81.9 Å². The largest absolute Gasteiger partial charge is 0.476 e. The van der Waals surface area contributed by atoms with Crippen LogP contribution in [0.4, 0.5) is 23.7 Å². The van der Waals surface area contributed by atoms with E-state index >= 15 is 0 Å². The number of rotatable bonds is 5. The molecule has 1 amide bonds. The van der Waals surface area contributed by atoms with Gasteiger partial charge < -0.3 is 14.9 Å². The van der Waals surface area contributed by atoms with Crippen LogP contribution < -0.4 is 4.90 Å². The third kappa shape index (κ3) is 5.46. The Kier molecular flexibility index (Phi) is 7.29. The Morgan fingerprint density at radius 3 is 2.30 bits per heavy atom. The van der Waals surface area contributed by atoms with Crippen LogP contribution in [0.25, 0.3) is 0 Å². The molecular weight excluding hydrogens is 487 g/mol. The first-order valence-corrected chi connectivity index (χ1v) is 12.6. The lowest BCUT2D eigenvalue weighted by Gasteiger charge is -2.45. The molecule has 1 aromatic heterocycles. The summed E-state index contributed by atoms with van der Waals surface area (Å²) in [5, 5.41) is 12.9. The number of nitrogens with zero attached hydrogens (tertiary/aromatic N) is 5. The monoisotopic (exact) mass is 521 g/mol. The standard InChI is InChI=1S/C26H34F3N5O3/c1-17-5-6-18(2)34(17)22-15-20(26(27,28)29)8-7-19(22)16-31(4)25(3)10-13-32(14-11-25)24(37)33-12-9-21(30-33)23(35)36/h7-9,12,15,17-18H,5-6,10-11,13-14,16H2,1-4H3,(H,35,36)/t17-,18?/m0/s1. The van der Waals surface area contributed by atoms with Crippen molar-refractivity contribution in [2.75, 3.05) is 25.0 Å². The van der Waals surface area contributed by atoms with Crippen LogP contribution in [-0.2, 0) is 12.7 Å². The third-order valence-electron chi connectivity index (χ3n) is 8.09. The molecule has 8 nitrogen and oxygen atoms in total. The van der Waals surface area contributed by atoms with Crippen molar-refractivity contribution in [3.8, 4) is 0 Å². The van der Waals surface area contributed by atoms with Gasteiger partial charge in [-0.05, 0) is 77.3 Å². The van der Waals surface area contributed by atoms with Crippen molar-refractivity contribution in [3.63, 3.8) is 0 Å². The van der Waals surface area contributed by atoms with Gasteiger partial charge in [0.05, 0.1) is 5.56 Å². The average Bonchev–Trinajstić information content (AvgIpc) is 3.46. The van der Waals surface area contributed by atoms with Crippen molar-refractivity contribution < 1.29 is 27.9 Å². The molecule has 1 unspecified atom stereocenters. The summed E-state index contributed by atoms with van der Waals surface area (Å²) >= 11 is 0. The van der Waals surface area contributed by atoms with E-state index in [1.165, 1.54) is 18.3 Å². The van der Waals surface area contributed by atoms with E-state index in [0.29, 0.717) is 38.2 Å². The van der Waals surface area contributed by atoms with Crippen LogP contribution in [-0.4, -0.2) is 74.4 Å². The molecule has 0 bridgehead atoms. The third-order valence-corrected chi connectivity index (χ3v) is 8.09. The average molecular weight is 522 g/mol. The fourth-order valence-corrected chi connectivity index (χ4v) is 5.48. The van der Waals surface area contributed by atoms with Crippen molar-refractivity contribution in [2.24, 2.45) is 0 Å². The minimum atomic E-state index is -4.41. The predicted molar refractivity (Wildman–Crippen MR) is 133 cm³/mol. The van der Waals surface area contributed by atoms with Gasteiger partial charge in [0.15, 0.2) is 5.69 Å². The smallest absolute Gasteiger partial charge is 0.416 e. The number of aromatic nitrogens is 2. The summed E-state index contributed by atoms with van der Waals surface area (Å²) in [5.74, 6) is -1.19. The minimum absolute atomic E-state index is 0.163. The first-order valence-electron chi connectivity index (χ1n) is 12.6. The van der Waals surface area contributed by atoms with Crippen LogP contribution in [0.1, 0.15) is 68.1 Å². The zero-order chi connectivity index (χ0) is 27.1. The van der Waals surface area contributed by atoms with Crippen LogP contribution in [0.2, 0.25) is 0 Å². The van der Waals surface area contributed by atoms with Crippen LogP contribution in [0.5, 0.6) is 0 Å². The van der Waals surface area contributed by atoms with E-state index in [0.717, 1.165) is 29.2 Å². The summed E-state index contributed by atoms with van der Waals surface area (Å²) in [6.07, 6.45) is 0.148. The van der Waals surface area contributed by atoms with Gasteiger partial charge in [-0.2, -0.15) is 23.0 Å². The van der Waals surface area contributed by atoms with Crippen LogP contribution in [0.3, 0.4) is 0 Å². The van der Waals surface area contributed by atoms with Gasteiger partial charge in [-0.3, -0.25) is 4.90 Å². The predicted octanol–water partition coefficient (Wildman–Crippen LogP) is 4.93. The zero-order valence-corrected chi connectivity index (χ0v) is 21.6. The molecule has 1 N–H and O–H groups in total. The number of halogens is 3. The molecule has 1 aromatic carbocycles. The van der Waals surface area contributed by atoms with Gasteiger partial charge in [-0.25, -0.2) is 9.59 Å². The molecule has 4 rings (SSSR count). The van der Waals surface area contributed by atoms with Crippen molar-refractivity contribution >= 4 is 17.7 Å². The first kappa shape index (κ1) is 27.0. The maximum atomic E-state index is 13.6. The van der Waals surface area contributed by atoms with Crippen LogP contribution in [0.15, 0.2) is 30.5 Å². The molecular formula is C26H34F3N5O3. The van der Waals surface area contributed by atoms with Gasteiger partial charge in [0.1, 0.15) is 0 Å². The number of carboxylic acid groups (broad SMARTS) is 1. The van der Waals surface area contributed by atoms with Gasteiger partial charge in [0.25, 0.3) is 0 Å². The van der Waals surface area contributed by atoms with Crippen molar-refractivity contribution in [1.82, 2.24) is 19.6 Å². The molecule has 37 heavy (non-hydrogen) atoms. The van der Waals surface area contributed by atoms with E-state index in [1.54, 1.807) is 11.0 Å². The summed E-state index contributed by atoms with van der Waals surface area (Å²) in [7, 11) is 1.97. The van der Waals surface area contributed by atoms with Crippen molar-refractivity contribution in [3.05, 3.63) is 47.3 Å². The summed E-state index contributed by atoms with van der Waals surface area (Å²) in [4.78, 5) is 29.8. The molecule has 2 fully saturated rings. The molecule has 0 spiro atoms.